The lowest BCUT2D eigenvalue weighted by atomic mass is 10.0. The van der Waals surface area contributed by atoms with E-state index in [0.717, 1.165) is 16.7 Å². The molecule has 3 aromatic rings. The standard InChI is InChI=1S/C17H15F6N3/c1-26-12(14(16(18,19)20)10-4-2-8-24-10)6-7-13(26)15(17(21,22)23)11-5-3-9-25-11/h2-9,14-15,24-25H,1H3. The Labute approximate surface area is 144 Å². The zero-order chi connectivity index (χ0) is 19.1. The number of hydrogen-bond acceptors (Lipinski definition) is 0. The Balaban J connectivity index is 2.12. The second-order valence-electron chi connectivity index (χ2n) is 5.94. The van der Waals surface area contributed by atoms with Crippen molar-refractivity contribution in [1.82, 2.24) is 14.5 Å². The number of nitrogens with zero attached hydrogens (tertiary/aromatic N) is 1. The number of nitrogens with one attached hydrogen (secondary N) is 2. The van der Waals surface area contributed by atoms with Crippen LogP contribution in [0.25, 0.3) is 0 Å². The summed E-state index contributed by atoms with van der Waals surface area (Å²) in [5, 5.41) is 0. The number of hydrogen-bond donors (Lipinski definition) is 2. The Kier molecular flexibility index (Phi) is 4.41. The van der Waals surface area contributed by atoms with Crippen LogP contribution in [0.5, 0.6) is 0 Å². The van der Waals surface area contributed by atoms with E-state index in [1.54, 1.807) is 0 Å². The van der Waals surface area contributed by atoms with Crippen LogP contribution in [-0.4, -0.2) is 26.9 Å². The summed E-state index contributed by atoms with van der Waals surface area (Å²) in [6, 6.07) is 7.53. The van der Waals surface area contributed by atoms with Gasteiger partial charge in [0.1, 0.15) is 11.8 Å². The summed E-state index contributed by atoms with van der Waals surface area (Å²) in [6.07, 6.45) is -6.63. The number of aromatic nitrogens is 3. The summed E-state index contributed by atoms with van der Waals surface area (Å²) in [6.45, 7) is 0. The van der Waals surface area contributed by atoms with Crippen molar-refractivity contribution >= 4 is 0 Å². The predicted octanol–water partition coefficient (Wildman–Crippen LogP) is 5.07. The highest BCUT2D eigenvalue weighted by atomic mass is 19.4. The molecule has 0 fully saturated rings. The molecule has 0 spiro atoms. The normalized spacial score (nSPS) is 15.2. The van der Waals surface area contributed by atoms with Crippen LogP contribution in [-0.2, 0) is 7.05 Å². The van der Waals surface area contributed by atoms with E-state index in [1.807, 2.05) is 0 Å². The van der Waals surface area contributed by atoms with Crippen molar-refractivity contribution in [3.05, 3.63) is 71.6 Å². The molecule has 3 heterocycles. The largest absolute Gasteiger partial charge is 0.402 e. The van der Waals surface area contributed by atoms with Gasteiger partial charge in [-0.1, -0.05) is 0 Å². The molecule has 2 atom stereocenters. The highest BCUT2D eigenvalue weighted by Crippen LogP contribution is 2.44. The van der Waals surface area contributed by atoms with Crippen LogP contribution in [0.3, 0.4) is 0 Å². The minimum absolute atomic E-state index is 0.131. The lowest BCUT2D eigenvalue weighted by molar-refractivity contribution is -0.144. The van der Waals surface area contributed by atoms with E-state index in [9.17, 15) is 26.3 Å². The predicted molar refractivity (Wildman–Crippen MR) is 82.8 cm³/mol. The minimum Gasteiger partial charge on any atom is -0.364 e. The summed E-state index contributed by atoms with van der Waals surface area (Å²) in [5.74, 6) is -4.09. The molecule has 0 saturated carbocycles. The molecule has 0 amide bonds. The Bertz CT molecular complexity index is 771. The van der Waals surface area contributed by atoms with Gasteiger partial charge in [-0.2, -0.15) is 26.3 Å². The Morgan fingerprint density at radius 3 is 1.38 bits per heavy atom. The smallest absolute Gasteiger partial charge is 0.364 e. The third-order valence-electron chi connectivity index (χ3n) is 4.31. The summed E-state index contributed by atoms with van der Waals surface area (Å²) in [4.78, 5) is 5.01. The quantitative estimate of drug-likeness (QED) is 0.598. The van der Waals surface area contributed by atoms with Crippen molar-refractivity contribution in [2.75, 3.05) is 0 Å². The van der Waals surface area contributed by atoms with E-state index in [1.165, 1.54) is 43.7 Å². The van der Waals surface area contributed by atoms with Gasteiger partial charge in [0.25, 0.3) is 0 Å². The molecule has 0 saturated heterocycles. The maximum atomic E-state index is 13.6. The number of H-pyrrole nitrogens is 2. The van der Waals surface area contributed by atoms with Crippen molar-refractivity contribution in [3.63, 3.8) is 0 Å². The molecular formula is C17H15F6N3. The van der Waals surface area contributed by atoms with Crippen LogP contribution in [0, 0.1) is 0 Å². The number of aromatic amines is 2. The van der Waals surface area contributed by atoms with Crippen molar-refractivity contribution in [2.24, 2.45) is 7.05 Å². The highest BCUT2D eigenvalue weighted by molar-refractivity contribution is 5.34. The van der Waals surface area contributed by atoms with Gasteiger partial charge in [-0.05, 0) is 36.4 Å². The van der Waals surface area contributed by atoms with E-state index in [-0.39, 0.29) is 22.8 Å². The topological polar surface area (TPSA) is 36.5 Å². The average Bonchev–Trinajstić information content (AvgIpc) is 3.23. The average molecular weight is 375 g/mol. The molecular weight excluding hydrogens is 360 g/mol. The second-order valence-corrected chi connectivity index (χ2v) is 5.94. The molecule has 3 rings (SSSR count). The van der Waals surface area contributed by atoms with Gasteiger partial charge >= 0.3 is 12.4 Å². The van der Waals surface area contributed by atoms with Crippen LogP contribution in [0.2, 0.25) is 0 Å². The Morgan fingerprint density at radius 2 is 1.12 bits per heavy atom. The minimum atomic E-state index is -4.66. The van der Waals surface area contributed by atoms with Crippen molar-refractivity contribution in [1.29, 1.82) is 0 Å². The van der Waals surface area contributed by atoms with Gasteiger partial charge in [0.15, 0.2) is 0 Å². The Hall–Kier alpha value is -2.58. The summed E-state index contributed by atoms with van der Waals surface area (Å²) in [5.41, 5.74) is -0.797. The number of alkyl halides is 6. The van der Waals surface area contributed by atoms with E-state index >= 15 is 0 Å². The summed E-state index contributed by atoms with van der Waals surface area (Å²) >= 11 is 0. The van der Waals surface area contributed by atoms with Gasteiger partial charge in [0.05, 0.1) is 0 Å². The zero-order valence-corrected chi connectivity index (χ0v) is 13.5. The van der Waals surface area contributed by atoms with Gasteiger partial charge in [0.2, 0.25) is 0 Å². The summed E-state index contributed by atoms with van der Waals surface area (Å²) < 4.78 is 82.6. The zero-order valence-electron chi connectivity index (χ0n) is 13.5. The van der Waals surface area contributed by atoms with Crippen LogP contribution in [0.4, 0.5) is 26.3 Å². The van der Waals surface area contributed by atoms with Crippen molar-refractivity contribution in [3.8, 4) is 0 Å². The van der Waals surface area contributed by atoms with E-state index in [2.05, 4.69) is 9.97 Å². The lowest BCUT2D eigenvalue weighted by Crippen LogP contribution is -2.27. The fraction of sp³-hybridized carbons (Fsp3) is 0.294. The van der Waals surface area contributed by atoms with Gasteiger partial charge in [-0.15, -0.1) is 0 Å². The molecule has 0 aromatic carbocycles. The van der Waals surface area contributed by atoms with Crippen LogP contribution in [0.15, 0.2) is 48.8 Å². The second kappa shape index (κ2) is 6.30. The number of halogens is 6. The molecule has 0 radical (unpaired) electrons. The molecule has 9 heteroatoms. The molecule has 0 aliphatic rings. The van der Waals surface area contributed by atoms with E-state index in [0.29, 0.717) is 0 Å². The third kappa shape index (κ3) is 3.25. The SMILES string of the molecule is Cn1c(C(c2ccc[nH]2)C(F)(F)F)ccc1C(c1ccc[nH]1)C(F)(F)F. The van der Waals surface area contributed by atoms with Gasteiger partial charge < -0.3 is 14.5 Å². The maximum absolute atomic E-state index is 13.6. The lowest BCUT2D eigenvalue weighted by Gasteiger charge is -2.24. The Morgan fingerprint density at radius 1 is 0.731 bits per heavy atom. The van der Waals surface area contributed by atoms with Gasteiger partial charge in [-0.3, -0.25) is 0 Å². The molecule has 2 N–H and O–H groups in total. The van der Waals surface area contributed by atoms with E-state index in [4.69, 9.17) is 0 Å². The molecule has 0 aliphatic carbocycles. The van der Waals surface area contributed by atoms with Crippen molar-refractivity contribution in [2.45, 2.75) is 24.2 Å². The third-order valence-corrected chi connectivity index (χ3v) is 4.31. The molecule has 0 bridgehead atoms. The first-order valence-corrected chi connectivity index (χ1v) is 7.66. The first kappa shape index (κ1) is 18.2. The van der Waals surface area contributed by atoms with E-state index < -0.39 is 24.2 Å². The monoisotopic (exact) mass is 375 g/mol. The molecule has 3 aromatic heterocycles. The fourth-order valence-electron chi connectivity index (χ4n) is 3.18. The molecule has 140 valence electrons. The van der Waals surface area contributed by atoms with Crippen LogP contribution < -0.4 is 0 Å². The summed E-state index contributed by atoms with van der Waals surface area (Å²) in [7, 11) is 1.22. The first-order valence-electron chi connectivity index (χ1n) is 7.66. The fourth-order valence-corrected chi connectivity index (χ4v) is 3.18. The first-order chi connectivity index (χ1) is 12.1. The molecule has 0 aliphatic heterocycles. The van der Waals surface area contributed by atoms with Gasteiger partial charge in [-0.25, -0.2) is 0 Å². The highest BCUT2D eigenvalue weighted by Gasteiger charge is 2.47. The van der Waals surface area contributed by atoms with Gasteiger partial charge in [0, 0.05) is 42.2 Å². The number of rotatable bonds is 4. The maximum Gasteiger partial charge on any atom is 0.402 e. The molecule has 3 nitrogen and oxygen atoms in total. The van der Waals surface area contributed by atoms with Crippen LogP contribution >= 0.6 is 0 Å². The van der Waals surface area contributed by atoms with Crippen LogP contribution in [0.1, 0.15) is 34.6 Å². The van der Waals surface area contributed by atoms with Crippen molar-refractivity contribution < 1.29 is 26.3 Å². The molecule has 26 heavy (non-hydrogen) atoms. The molecule has 2 unspecified atom stereocenters.